The van der Waals surface area contributed by atoms with E-state index < -0.39 is 42.9 Å². The van der Waals surface area contributed by atoms with Crippen molar-refractivity contribution in [1.29, 1.82) is 0 Å². The molecule has 0 spiro atoms. The molecule has 0 saturated carbocycles. The fourth-order valence-corrected chi connectivity index (χ4v) is 1.90. The number of halogens is 5. The molecule has 1 aliphatic heterocycles. The van der Waals surface area contributed by atoms with Gasteiger partial charge in [-0.25, -0.2) is 8.78 Å². The molecular formula is C12H11F5N2O2. The quantitative estimate of drug-likeness (QED) is 0.844. The molecule has 1 unspecified atom stereocenters. The van der Waals surface area contributed by atoms with Crippen LogP contribution in [0.1, 0.15) is 6.42 Å². The van der Waals surface area contributed by atoms with Gasteiger partial charge in [0.1, 0.15) is 5.75 Å². The average molecular weight is 310 g/mol. The van der Waals surface area contributed by atoms with E-state index in [1.807, 2.05) is 0 Å². The molecule has 0 aliphatic carbocycles. The number of benzene rings is 1. The van der Waals surface area contributed by atoms with Gasteiger partial charge in [-0.1, -0.05) is 6.07 Å². The molecule has 1 saturated heterocycles. The topological polar surface area (TPSA) is 50.4 Å². The fraction of sp³-hybridized carbons (Fsp3) is 0.417. The summed E-state index contributed by atoms with van der Waals surface area (Å²) < 4.78 is 65.8. The lowest BCUT2D eigenvalue weighted by Gasteiger charge is -2.13. The Labute approximate surface area is 116 Å². The smallest absolute Gasteiger partial charge is 0.406 e. The number of alkyl halides is 5. The molecule has 1 aliphatic rings. The number of ether oxygens (including phenoxy) is 1. The van der Waals surface area contributed by atoms with Crippen molar-refractivity contribution in [2.75, 3.05) is 11.9 Å². The first-order valence-electron chi connectivity index (χ1n) is 5.92. The van der Waals surface area contributed by atoms with Crippen molar-refractivity contribution < 1.29 is 31.5 Å². The number of amides is 1. The van der Waals surface area contributed by atoms with E-state index in [0.29, 0.717) is 0 Å². The van der Waals surface area contributed by atoms with Crippen molar-refractivity contribution in [2.24, 2.45) is 0 Å². The number of carbonyl (C=O) groups is 1. The molecule has 2 rings (SSSR count). The molecule has 1 fully saturated rings. The van der Waals surface area contributed by atoms with Crippen LogP contribution in [0.4, 0.5) is 27.6 Å². The second-order valence-corrected chi connectivity index (χ2v) is 4.56. The van der Waals surface area contributed by atoms with Crippen molar-refractivity contribution in [1.82, 2.24) is 5.32 Å². The van der Waals surface area contributed by atoms with Crippen molar-refractivity contribution in [2.45, 2.75) is 24.7 Å². The van der Waals surface area contributed by atoms with Gasteiger partial charge in [-0.15, -0.1) is 13.2 Å². The largest absolute Gasteiger partial charge is 0.573 e. The fourth-order valence-electron chi connectivity index (χ4n) is 1.90. The Morgan fingerprint density at radius 1 is 1.38 bits per heavy atom. The maximum atomic E-state index is 13.0. The van der Waals surface area contributed by atoms with Crippen LogP contribution in [0.25, 0.3) is 0 Å². The van der Waals surface area contributed by atoms with E-state index in [1.165, 1.54) is 12.1 Å². The number of anilines is 1. The Kier molecular flexibility index (Phi) is 4.04. The lowest BCUT2D eigenvalue weighted by Crippen LogP contribution is -2.35. The van der Waals surface area contributed by atoms with Gasteiger partial charge in [0.2, 0.25) is 5.91 Å². The van der Waals surface area contributed by atoms with Crippen molar-refractivity contribution in [3.8, 4) is 5.75 Å². The minimum Gasteiger partial charge on any atom is -0.406 e. The highest BCUT2D eigenvalue weighted by Crippen LogP contribution is 2.27. The molecule has 1 atom stereocenters. The summed E-state index contributed by atoms with van der Waals surface area (Å²) in [5, 5.41) is 4.61. The van der Waals surface area contributed by atoms with E-state index >= 15 is 0 Å². The molecule has 0 radical (unpaired) electrons. The Balaban J connectivity index is 2.00. The third kappa shape index (κ3) is 4.55. The second kappa shape index (κ2) is 5.47. The van der Waals surface area contributed by atoms with E-state index in [9.17, 15) is 26.7 Å². The van der Waals surface area contributed by atoms with Gasteiger partial charge in [0.25, 0.3) is 5.92 Å². The van der Waals surface area contributed by atoms with Gasteiger partial charge in [0.05, 0.1) is 12.6 Å². The van der Waals surface area contributed by atoms with E-state index in [2.05, 4.69) is 15.4 Å². The Hall–Kier alpha value is -1.90. The maximum absolute atomic E-state index is 13.0. The number of hydrogen-bond acceptors (Lipinski definition) is 3. The monoisotopic (exact) mass is 310 g/mol. The zero-order valence-electron chi connectivity index (χ0n) is 10.5. The highest BCUT2D eigenvalue weighted by Gasteiger charge is 2.42. The molecule has 2 N–H and O–H groups in total. The van der Waals surface area contributed by atoms with Gasteiger partial charge < -0.3 is 10.1 Å². The Morgan fingerprint density at radius 3 is 2.67 bits per heavy atom. The highest BCUT2D eigenvalue weighted by molar-refractivity contribution is 5.95. The normalized spacial score (nSPS) is 21.1. The molecular weight excluding hydrogens is 299 g/mol. The first-order chi connectivity index (χ1) is 9.65. The lowest BCUT2D eigenvalue weighted by atomic mass is 10.2. The van der Waals surface area contributed by atoms with Crippen LogP contribution in [0.3, 0.4) is 0 Å². The summed E-state index contributed by atoms with van der Waals surface area (Å²) in [4.78, 5) is 11.7. The molecule has 0 aromatic heterocycles. The molecule has 1 heterocycles. The van der Waals surface area contributed by atoms with Crippen LogP contribution in [0.5, 0.6) is 5.75 Å². The van der Waals surface area contributed by atoms with E-state index in [1.54, 1.807) is 0 Å². The van der Waals surface area contributed by atoms with Crippen molar-refractivity contribution in [3.05, 3.63) is 24.3 Å². The molecule has 116 valence electrons. The third-order valence-electron chi connectivity index (χ3n) is 2.76. The summed E-state index contributed by atoms with van der Waals surface area (Å²) in [5.41, 5.74) is 0.0266. The van der Waals surface area contributed by atoms with Crippen LogP contribution >= 0.6 is 0 Å². The van der Waals surface area contributed by atoms with Crippen LogP contribution < -0.4 is 15.4 Å². The van der Waals surface area contributed by atoms with Crippen LogP contribution in [0.15, 0.2) is 24.3 Å². The standard InChI is InChI=1S/C12H11F5N2O2/c13-11(14)5-9(18-6-11)10(20)19-7-2-1-3-8(4-7)21-12(15,16)17/h1-4,9,18H,5-6H2,(H,19,20). The van der Waals surface area contributed by atoms with Gasteiger partial charge in [0.15, 0.2) is 0 Å². The summed E-state index contributed by atoms with van der Waals surface area (Å²) in [7, 11) is 0. The third-order valence-corrected chi connectivity index (χ3v) is 2.76. The second-order valence-electron chi connectivity index (χ2n) is 4.56. The SMILES string of the molecule is O=C(Nc1cccc(OC(F)(F)F)c1)C1CC(F)(F)CN1. The lowest BCUT2D eigenvalue weighted by molar-refractivity contribution is -0.274. The Morgan fingerprint density at radius 2 is 2.10 bits per heavy atom. The molecule has 1 amide bonds. The van der Waals surface area contributed by atoms with Gasteiger partial charge in [0, 0.05) is 18.2 Å². The average Bonchev–Trinajstić information content (AvgIpc) is 2.68. The van der Waals surface area contributed by atoms with Gasteiger partial charge in [-0.2, -0.15) is 0 Å². The summed E-state index contributed by atoms with van der Waals surface area (Å²) in [5.74, 6) is -4.22. The zero-order valence-corrected chi connectivity index (χ0v) is 10.5. The first kappa shape index (κ1) is 15.5. The molecule has 4 nitrogen and oxygen atoms in total. The number of hydrogen-bond donors (Lipinski definition) is 2. The summed E-state index contributed by atoms with van der Waals surface area (Å²) in [6.45, 7) is -0.609. The highest BCUT2D eigenvalue weighted by atomic mass is 19.4. The van der Waals surface area contributed by atoms with Gasteiger partial charge in [-0.05, 0) is 12.1 Å². The van der Waals surface area contributed by atoms with Crippen molar-refractivity contribution in [3.63, 3.8) is 0 Å². The predicted molar refractivity (Wildman–Crippen MR) is 63.1 cm³/mol. The van der Waals surface area contributed by atoms with Crippen LogP contribution in [0, 0.1) is 0 Å². The van der Waals surface area contributed by atoms with Crippen LogP contribution in [-0.2, 0) is 4.79 Å². The summed E-state index contributed by atoms with van der Waals surface area (Å²) in [6.07, 6.45) is -5.50. The predicted octanol–water partition coefficient (Wildman–Crippen LogP) is 2.52. The maximum Gasteiger partial charge on any atom is 0.573 e. The summed E-state index contributed by atoms with van der Waals surface area (Å²) >= 11 is 0. The minimum absolute atomic E-state index is 0.0266. The van der Waals surface area contributed by atoms with Gasteiger partial charge >= 0.3 is 6.36 Å². The van der Waals surface area contributed by atoms with Crippen LogP contribution in [-0.4, -0.2) is 30.8 Å². The number of nitrogens with one attached hydrogen (secondary N) is 2. The Bertz CT molecular complexity index is 533. The first-order valence-corrected chi connectivity index (χ1v) is 5.92. The summed E-state index contributed by atoms with van der Waals surface area (Å²) in [6, 6.07) is 3.50. The number of carbonyl (C=O) groups excluding carboxylic acids is 1. The van der Waals surface area contributed by atoms with E-state index in [4.69, 9.17) is 0 Å². The van der Waals surface area contributed by atoms with Crippen LogP contribution in [0.2, 0.25) is 0 Å². The zero-order chi connectivity index (χ0) is 15.7. The molecule has 0 bridgehead atoms. The van der Waals surface area contributed by atoms with E-state index in [-0.39, 0.29) is 5.69 Å². The minimum atomic E-state index is -4.85. The van der Waals surface area contributed by atoms with E-state index in [0.717, 1.165) is 12.1 Å². The van der Waals surface area contributed by atoms with Gasteiger partial charge in [-0.3, -0.25) is 10.1 Å². The molecule has 1 aromatic carbocycles. The molecule has 9 heteroatoms. The number of rotatable bonds is 3. The molecule has 21 heavy (non-hydrogen) atoms. The van der Waals surface area contributed by atoms with Crippen molar-refractivity contribution >= 4 is 11.6 Å². The molecule has 1 aromatic rings.